The van der Waals surface area contributed by atoms with Crippen LogP contribution < -0.4 is 0 Å². The molecule has 0 heterocycles. The van der Waals surface area contributed by atoms with Gasteiger partial charge in [-0.1, -0.05) is 12.8 Å². The molecule has 0 N–H and O–H groups in total. The summed E-state index contributed by atoms with van der Waals surface area (Å²) in [6.07, 6.45) is 8.69. The Morgan fingerprint density at radius 2 is 1.20 bits per heavy atom. The molecule has 0 aromatic heterocycles. The molecule has 3 heteroatoms. The van der Waals surface area contributed by atoms with Crippen LogP contribution in [-0.4, -0.2) is 38.6 Å². The highest BCUT2D eigenvalue weighted by Gasteiger charge is 2.21. The Labute approximate surface area is 92.1 Å². The summed E-state index contributed by atoms with van der Waals surface area (Å²) in [4.78, 5) is 0. The third kappa shape index (κ3) is 4.96. The Morgan fingerprint density at radius 3 is 1.73 bits per heavy atom. The van der Waals surface area contributed by atoms with Crippen molar-refractivity contribution in [2.45, 2.75) is 50.7 Å². The van der Waals surface area contributed by atoms with Crippen LogP contribution in [0.1, 0.15) is 38.5 Å². The van der Waals surface area contributed by atoms with Crippen molar-refractivity contribution in [1.82, 2.24) is 0 Å². The van der Waals surface area contributed by atoms with Crippen LogP contribution in [-0.2, 0) is 14.2 Å². The predicted octanol–water partition coefficient (Wildman–Crippen LogP) is 2.14. The Hall–Kier alpha value is -0.120. The van der Waals surface area contributed by atoms with E-state index < -0.39 is 0 Å². The highest BCUT2D eigenvalue weighted by molar-refractivity contribution is 4.72. The van der Waals surface area contributed by atoms with Gasteiger partial charge in [0.2, 0.25) is 0 Å². The molecule has 0 amide bonds. The van der Waals surface area contributed by atoms with Gasteiger partial charge >= 0.3 is 0 Å². The first-order valence-electron chi connectivity index (χ1n) is 6.26. The van der Waals surface area contributed by atoms with Gasteiger partial charge in [-0.3, -0.25) is 0 Å². The molecule has 2 aliphatic rings. The molecule has 15 heavy (non-hydrogen) atoms. The molecule has 0 aliphatic heterocycles. The van der Waals surface area contributed by atoms with Crippen LogP contribution >= 0.6 is 0 Å². The van der Waals surface area contributed by atoms with Gasteiger partial charge in [0.05, 0.1) is 38.6 Å². The Bertz CT molecular complexity index is 162. The second-order valence-corrected chi connectivity index (χ2v) is 4.46. The number of hydrogen-bond acceptors (Lipinski definition) is 3. The van der Waals surface area contributed by atoms with Crippen LogP contribution in [0.3, 0.4) is 0 Å². The number of ether oxygens (including phenoxy) is 3. The topological polar surface area (TPSA) is 27.7 Å². The van der Waals surface area contributed by atoms with Gasteiger partial charge in [0.25, 0.3) is 0 Å². The third-order valence-electron chi connectivity index (χ3n) is 2.99. The van der Waals surface area contributed by atoms with Gasteiger partial charge in [-0.15, -0.1) is 0 Å². The number of rotatable bonds is 8. The summed E-state index contributed by atoms with van der Waals surface area (Å²) >= 11 is 0. The zero-order valence-corrected chi connectivity index (χ0v) is 9.45. The van der Waals surface area contributed by atoms with E-state index in [1.54, 1.807) is 0 Å². The van der Waals surface area contributed by atoms with E-state index in [1.165, 1.54) is 38.5 Å². The lowest BCUT2D eigenvalue weighted by Crippen LogP contribution is -2.14. The first kappa shape index (κ1) is 11.4. The van der Waals surface area contributed by atoms with Gasteiger partial charge in [-0.05, 0) is 25.7 Å². The van der Waals surface area contributed by atoms with Crippen molar-refractivity contribution >= 4 is 0 Å². The minimum atomic E-state index is 0.510. The summed E-state index contributed by atoms with van der Waals surface area (Å²) in [5, 5.41) is 0. The first-order valence-corrected chi connectivity index (χ1v) is 6.26. The van der Waals surface area contributed by atoms with E-state index in [9.17, 15) is 0 Å². The lowest BCUT2D eigenvalue weighted by atomic mass is 10.3. The molecule has 0 spiro atoms. The van der Waals surface area contributed by atoms with E-state index in [4.69, 9.17) is 14.2 Å². The Morgan fingerprint density at radius 1 is 0.667 bits per heavy atom. The van der Waals surface area contributed by atoms with Crippen molar-refractivity contribution < 1.29 is 14.2 Å². The van der Waals surface area contributed by atoms with Gasteiger partial charge in [-0.25, -0.2) is 0 Å². The molecule has 0 unspecified atom stereocenters. The smallest absolute Gasteiger partial charge is 0.0704 e. The van der Waals surface area contributed by atoms with E-state index in [-0.39, 0.29) is 0 Å². The highest BCUT2D eigenvalue weighted by Crippen LogP contribution is 2.23. The van der Waals surface area contributed by atoms with Crippen molar-refractivity contribution in [2.75, 3.05) is 26.4 Å². The minimum absolute atomic E-state index is 0.510. The normalized spacial score (nSPS) is 22.4. The second kappa shape index (κ2) is 6.46. The largest absolute Gasteiger partial charge is 0.377 e. The van der Waals surface area contributed by atoms with Crippen LogP contribution in [0.15, 0.2) is 0 Å². The maximum absolute atomic E-state index is 5.68. The predicted molar refractivity (Wildman–Crippen MR) is 58.0 cm³/mol. The van der Waals surface area contributed by atoms with Gasteiger partial charge in [0.15, 0.2) is 0 Å². The SMILES string of the molecule is C1CCC(OCCOCCOC2CC2)C1. The van der Waals surface area contributed by atoms with Crippen molar-refractivity contribution in [3.8, 4) is 0 Å². The molecule has 0 radical (unpaired) electrons. The van der Waals surface area contributed by atoms with Crippen LogP contribution in [0.4, 0.5) is 0 Å². The van der Waals surface area contributed by atoms with Crippen LogP contribution in [0, 0.1) is 0 Å². The fourth-order valence-electron chi connectivity index (χ4n) is 1.94. The van der Waals surface area contributed by atoms with Crippen molar-refractivity contribution in [1.29, 1.82) is 0 Å². The Balaban J connectivity index is 1.32. The molecule has 88 valence electrons. The van der Waals surface area contributed by atoms with E-state index >= 15 is 0 Å². The summed E-state index contributed by atoms with van der Waals surface area (Å²) in [7, 11) is 0. The van der Waals surface area contributed by atoms with Crippen LogP contribution in [0.5, 0.6) is 0 Å². The average Bonchev–Trinajstić information content (AvgIpc) is 2.92. The molecule has 2 aliphatic carbocycles. The molecule has 0 atom stereocenters. The molecule has 3 nitrogen and oxygen atoms in total. The first-order chi connectivity index (χ1) is 7.45. The minimum Gasteiger partial charge on any atom is -0.377 e. The quantitative estimate of drug-likeness (QED) is 0.579. The van der Waals surface area contributed by atoms with E-state index in [0.29, 0.717) is 25.4 Å². The van der Waals surface area contributed by atoms with E-state index in [0.717, 1.165) is 13.2 Å². The molecular formula is C12H22O3. The second-order valence-electron chi connectivity index (χ2n) is 4.46. The molecule has 0 aromatic carbocycles. The third-order valence-corrected chi connectivity index (χ3v) is 2.99. The maximum atomic E-state index is 5.68. The molecule has 0 aromatic rings. The van der Waals surface area contributed by atoms with E-state index in [1.807, 2.05) is 0 Å². The molecular weight excluding hydrogens is 192 g/mol. The molecule has 2 rings (SSSR count). The summed E-state index contributed by atoms with van der Waals surface area (Å²) in [5.41, 5.74) is 0. The standard InChI is InChI=1S/C12H22O3/c1-2-4-11(3-1)14-9-7-13-8-10-15-12-5-6-12/h11-12H,1-10H2. The van der Waals surface area contributed by atoms with Crippen molar-refractivity contribution in [3.05, 3.63) is 0 Å². The highest BCUT2D eigenvalue weighted by atomic mass is 16.5. The van der Waals surface area contributed by atoms with Gasteiger partial charge in [-0.2, -0.15) is 0 Å². The summed E-state index contributed by atoms with van der Waals surface area (Å²) in [6, 6.07) is 0. The van der Waals surface area contributed by atoms with E-state index in [2.05, 4.69) is 0 Å². The van der Waals surface area contributed by atoms with Crippen molar-refractivity contribution in [3.63, 3.8) is 0 Å². The van der Waals surface area contributed by atoms with Gasteiger partial charge in [0.1, 0.15) is 0 Å². The molecule has 0 saturated heterocycles. The zero-order valence-electron chi connectivity index (χ0n) is 9.45. The van der Waals surface area contributed by atoms with Crippen LogP contribution in [0.2, 0.25) is 0 Å². The maximum Gasteiger partial charge on any atom is 0.0704 e. The zero-order chi connectivity index (χ0) is 10.3. The fraction of sp³-hybridized carbons (Fsp3) is 1.00. The molecule has 0 bridgehead atoms. The summed E-state index contributed by atoms with van der Waals surface area (Å²) in [6.45, 7) is 2.91. The fourth-order valence-corrected chi connectivity index (χ4v) is 1.94. The number of hydrogen-bond donors (Lipinski definition) is 0. The molecule has 2 fully saturated rings. The van der Waals surface area contributed by atoms with Crippen LogP contribution in [0.25, 0.3) is 0 Å². The lowest BCUT2D eigenvalue weighted by Gasteiger charge is -2.11. The average molecular weight is 214 g/mol. The Kier molecular flexibility index (Phi) is 4.90. The summed E-state index contributed by atoms with van der Waals surface area (Å²) in [5.74, 6) is 0. The van der Waals surface area contributed by atoms with Gasteiger partial charge < -0.3 is 14.2 Å². The van der Waals surface area contributed by atoms with Crippen molar-refractivity contribution in [2.24, 2.45) is 0 Å². The molecule has 2 saturated carbocycles. The lowest BCUT2D eigenvalue weighted by molar-refractivity contribution is -0.0112. The monoisotopic (exact) mass is 214 g/mol. The van der Waals surface area contributed by atoms with Gasteiger partial charge in [0, 0.05) is 0 Å². The summed E-state index contributed by atoms with van der Waals surface area (Å²) < 4.78 is 16.6.